The highest BCUT2D eigenvalue weighted by Crippen LogP contribution is 2.31. The fourth-order valence-electron chi connectivity index (χ4n) is 2.53. The lowest BCUT2D eigenvalue weighted by atomic mass is 10.1. The molecule has 20 heavy (non-hydrogen) atoms. The van der Waals surface area contributed by atoms with Crippen LogP contribution in [0.25, 0.3) is 0 Å². The van der Waals surface area contributed by atoms with Crippen molar-refractivity contribution in [1.29, 1.82) is 0 Å². The molecule has 0 spiro atoms. The van der Waals surface area contributed by atoms with Crippen molar-refractivity contribution in [3.05, 3.63) is 29.8 Å². The van der Waals surface area contributed by atoms with Crippen molar-refractivity contribution in [2.24, 2.45) is 0 Å². The summed E-state index contributed by atoms with van der Waals surface area (Å²) in [5.74, 6) is 0. The van der Waals surface area contributed by atoms with E-state index in [0.717, 1.165) is 25.7 Å². The molecular formula is C17H28N2O. The number of anilines is 1. The Hall–Kier alpha value is -1.06. The number of nitrogens with one attached hydrogen (secondary N) is 1. The van der Waals surface area contributed by atoms with E-state index in [9.17, 15) is 0 Å². The highest BCUT2D eigenvalue weighted by atomic mass is 16.5. The van der Waals surface area contributed by atoms with Crippen molar-refractivity contribution in [2.75, 3.05) is 31.7 Å². The Morgan fingerprint density at radius 1 is 1.30 bits per heavy atom. The molecule has 1 aromatic carbocycles. The fraction of sp³-hybridized carbons (Fsp3) is 0.647. The summed E-state index contributed by atoms with van der Waals surface area (Å²) in [5.41, 5.74) is 2.70. The van der Waals surface area contributed by atoms with Gasteiger partial charge in [-0.1, -0.05) is 19.1 Å². The molecule has 3 heteroatoms. The van der Waals surface area contributed by atoms with E-state index >= 15 is 0 Å². The lowest BCUT2D eigenvalue weighted by molar-refractivity contribution is 0.205. The largest absolute Gasteiger partial charge is 0.383 e. The topological polar surface area (TPSA) is 24.5 Å². The molecule has 1 unspecified atom stereocenters. The first-order valence-electron chi connectivity index (χ1n) is 7.85. The van der Waals surface area contributed by atoms with Crippen molar-refractivity contribution in [1.82, 2.24) is 5.32 Å². The summed E-state index contributed by atoms with van der Waals surface area (Å²) in [6, 6.07) is 10.2. The van der Waals surface area contributed by atoms with Gasteiger partial charge in [-0.05, 0) is 50.4 Å². The first-order chi connectivity index (χ1) is 9.76. The Kier molecular flexibility index (Phi) is 5.86. The second-order valence-corrected chi connectivity index (χ2v) is 5.68. The third kappa shape index (κ3) is 4.22. The average Bonchev–Trinajstić information content (AvgIpc) is 3.30. The van der Waals surface area contributed by atoms with Crippen LogP contribution in [0, 0.1) is 0 Å². The predicted molar refractivity (Wildman–Crippen MR) is 85.4 cm³/mol. The molecule has 0 heterocycles. The monoisotopic (exact) mass is 276 g/mol. The molecular weight excluding hydrogens is 248 g/mol. The van der Waals surface area contributed by atoms with Crippen molar-refractivity contribution in [3.8, 4) is 0 Å². The van der Waals surface area contributed by atoms with Gasteiger partial charge in [-0.2, -0.15) is 0 Å². The zero-order valence-corrected chi connectivity index (χ0v) is 13.1. The number of ether oxygens (including phenoxy) is 1. The SMILES string of the molecule is CCCNC(C)c1ccc(N(CCOC)C2CC2)cc1. The maximum absolute atomic E-state index is 5.23. The van der Waals surface area contributed by atoms with Crippen LogP contribution >= 0.6 is 0 Å². The summed E-state index contributed by atoms with van der Waals surface area (Å²) >= 11 is 0. The number of hydrogen-bond acceptors (Lipinski definition) is 3. The third-order valence-electron chi connectivity index (χ3n) is 3.95. The van der Waals surface area contributed by atoms with Gasteiger partial charge < -0.3 is 15.0 Å². The van der Waals surface area contributed by atoms with Crippen molar-refractivity contribution in [3.63, 3.8) is 0 Å². The van der Waals surface area contributed by atoms with Crippen LogP contribution in [-0.2, 0) is 4.74 Å². The van der Waals surface area contributed by atoms with E-state index in [-0.39, 0.29) is 0 Å². The van der Waals surface area contributed by atoms with Crippen molar-refractivity contribution < 1.29 is 4.74 Å². The van der Waals surface area contributed by atoms with Crippen LogP contribution in [0.4, 0.5) is 5.69 Å². The van der Waals surface area contributed by atoms with Crippen LogP contribution in [0.1, 0.15) is 44.7 Å². The van der Waals surface area contributed by atoms with Gasteiger partial charge in [0.15, 0.2) is 0 Å². The molecule has 1 fully saturated rings. The molecule has 1 aromatic rings. The quantitative estimate of drug-likeness (QED) is 0.748. The Morgan fingerprint density at radius 3 is 2.55 bits per heavy atom. The van der Waals surface area contributed by atoms with Crippen molar-refractivity contribution in [2.45, 2.75) is 45.2 Å². The zero-order valence-electron chi connectivity index (χ0n) is 13.1. The van der Waals surface area contributed by atoms with Gasteiger partial charge in [0, 0.05) is 31.4 Å². The van der Waals surface area contributed by atoms with Crippen LogP contribution in [0.15, 0.2) is 24.3 Å². The molecule has 1 aliphatic carbocycles. The van der Waals surface area contributed by atoms with Gasteiger partial charge in [0.1, 0.15) is 0 Å². The number of benzene rings is 1. The summed E-state index contributed by atoms with van der Waals surface area (Å²) in [7, 11) is 1.77. The molecule has 3 nitrogen and oxygen atoms in total. The highest BCUT2D eigenvalue weighted by molar-refractivity contribution is 5.50. The lowest BCUT2D eigenvalue weighted by Gasteiger charge is -2.25. The van der Waals surface area contributed by atoms with Gasteiger partial charge >= 0.3 is 0 Å². The van der Waals surface area contributed by atoms with Crippen LogP contribution < -0.4 is 10.2 Å². The normalized spacial score (nSPS) is 16.1. The minimum absolute atomic E-state index is 0.428. The molecule has 1 saturated carbocycles. The fourth-order valence-corrected chi connectivity index (χ4v) is 2.53. The molecule has 1 atom stereocenters. The summed E-state index contributed by atoms with van der Waals surface area (Å²) in [4.78, 5) is 2.48. The Labute approximate surface area is 123 Å². The molecule has 0 radical (unpaired) electrons. The zero-order chi connectivity index (χ0) is 14.4. The highest BCUT2D eigenvalue weighted by Gasteiger charge is 2.28. The molecule has 112 valence electrons. The average molecular weight is 276 g/mol. The second-order valence-electron chi connectivity index (χ2n) is 5.68. The Balaban J connectivity index is 1.98. The van der Waals surface area contributed by atoms with E-state index in [1.165, 1.54) is 30.5 Å². The first-order valence-corrected chi connectivity index (χ1v) is 7.85. The standard InChI is InChI=1S/C17H28N2O/c1-4-11-18-14(2)15-5-7-16(8-6-15)19(12-13-20-3)17-9-10-17/h5-8,14,17-18H,4,9-13H2,1-3H3. The molecule has 0 aliphatic heterocycles. The first kappa shape index (κ1) is 15.3. The maximum atomic E-state index is 5.23. The van der Waals surface area contributed by atoms with Gasteiger partial charge in [0.05, 0.1) is 6.61 Å². The van der Waals surface area contributed by atoms with Gasteiger partial charge in [-0.3, -0.25) is 0 Å². The number of hydrogen-bond donors (Lipinski definition) is 1. The molecule has 2 rings (SSSR count). The molecule has 1 N–H and O–H groups in total. The van der Waals surface area contributed by atoms with Gasteiger partial charge in [0.25, 0.3) is 0 Å². The van der Waals surface area contributed by atoms with E-state index in [1.807, 2.05) is 0 Å². The number of nitrogens with zero attached hydrogens (tertiary/aromatic N) is 1. The van der Waals surface area contributed by atoms with Crippen LogP contribution in [0.5, 0.6) is 0 Å². The van der Waals surface area contributed by atoms with E-state index in [1.54, 1.807) is 7.11 Å². The molecule has 0 saturated heterocycles. The summed E-state index contributed by atoms with van der Waals surface area (Å²) in [6.07, 6.45) is 3.81. The maximum Gasteiger partial charge on any atom is 0.0637 e. The summed E-state index contributed by atoms with van der Waals surface area (Å²) in [5, 5.41) is 3.53. The van der Waals surface area contributed by atoms with Gasteiger partial charge in [0.2, 0.25) is 0 Å². The minimum atomic E-state index is 0.428. The van der Waals surface area contributed by atoms with E-state index in [4.69, 9.17) is 4.74 Å². The number of methoxy groups -OCH3 is 1. The summed E-state index contributed by atoms with van der Waals surface area (Å²) in [6.45, 7) is 7.29. The van der Waals surface area contributed by atoms with Gasteiger partial charge in [-0.25, -0.2) is 0 Å². The van der Waals surface area contributed by atoms with Crippen LogP contribution in [0.2, 0.25) is 0 Å². The Morgan fingerprint density at radius 2 is 2.00 bits per heavy atom. The minimum Gasteiger partial charge on any atom is -0.383 e. The lowest BCUT2D eigenvalue weighted by Crippen LogP contribution is -2.29. The smallest absolute Gasteiger partial charge is 0.0637 e. The molecule has 0 amide bonds. The Bertz CT molecular complexity index is 386. The molecule has 0 bridgehead atoms. The van der Waals surface area contributed by atoms with E-state index < -0.39 is 0 Å². The molecule has 0 aromatic heterocycles. The van der Waals surface area contributed by atoms with Crippen LogP contribution in [-0.4, -0.2) is 32.8 Å². The predicted octanol–water partition coefficient (Wildman–Crippen LogP) is 3.36. The molecule has 1 aliphatic rings. The van der Waals surface area contributed by atoms with Crippen LogP contribution in [0.3, 0.4) is 0 Å². The van der Waals surface area contributed by atoms with Crippen molar-refractivity contribution >= 4 is 5.69 Å². The third-order valence-corrected chi connectivity index (χ3v) is 3.95. The van der Waals surface area contributed by atoms with E-state index in [2.05, 4.69) is 48.3 Å². The number of rotatable bonds is 9. The second kappa shape index (κ2) is 7.65. The van der Waals surface area contributed by atoms with E-state index in [0.29, 0.717) is 6.04 Å². The van der Waals surface area contributed by atoms with Gasteiger partial charge in [-0.15, -0.1) is 0 Å². The summed E-state index contributed by atoms with van der Waals surface area (Å²) < 4.78 is 5.23.